The minimum Gasteiger partial charge on any atom is -0.506 e. The molecule has 11 heteroatoms. The van der Waals surface area contributed by atoms with Crippen LogP contribution in [-0.4, -0.2) is 69.5 Å². The molecule has 0 aliphatic carbocycles. The number of benzene rings is 2. The number of carbonyl (C=O) groups excluding carboxylic acids is 1. The Labute approximate surface area is 236 Å². The summed E-state index contributed by atoms with van der Waals surface area (Å²) < 4.78 is 6.18. The molecule has 1 amide bonds. The number of aliphatic hydroxyl groups excluding tert-OH is 1. The van der Waals surface area contributed by atoms with Crippen LogP contribution in [0.4, 0.5) is 4.79 Å². The molecule has 0 bridgehead atoms. The Morgan fingerprint density at radius 1 is 1.21 bits per heavy atom. The van der Waals surface area contributed by atoms with Crippen LogP contribution in [0.5, 0.6) is 5.75 Å². The van der Waals surface area contributed by atoms with E-state index in [1.165, 1.54) is 6.07 Å². The van der Waals surface area contributed by atoms with Gasteiger partial charge in [0, 0.05) is 42.5 Å². The minimum absolute atomic E-state index is 0.00671. The highest BCUT2D eigenvalue weighted by Gasteiger charge is 2.22. The molecule has 1 heterocycles. The van der Waals surface area contributed by atoms with Crippen molar-refractivity contribution in [2.45, 2.75) is 45.3 Å². The van der Waals surface area contributed by atoms with Gasteiger partial charge in [-0.1, -0.05) is 47.2 Å². The summed E-state index contributed by atoms with van der Waals surface area (Å²) in [7, 11) is 0. The van der Waals surface area contributed by atoms with Crippen LogP contribution < -0.4 is 10.2 Å². The number of amides is 1. The Balaban J connectivity index is 1.39. The maximum absolute atomic E-state index is 12.8. The van der Waals surface area contributed by atoms with Gasteiger partial charge < -0.3 is 30.2 Å². The Morgan fingerprint density at radius 3 is 2.71 bits per heavy atom. The third kappa shape index (κ3) is 9.20. The van der Waals surface area contributed by atoms with E-state index < -0.39 is 11.7 Å². The molecule has 0 radical (unpaired) electrons. The quantitative estimate of drug-likeness (QED) is 0.206. The van der Waals surface area contributed by atoms with E-state index in [1.807, 2.05) is 45.0 Å². The van der Waals surface area contributed by atoms with Crippen LogP contribution in [0.3, 0.4) is 0 Å². The van der Waals surface area contributed by atoms with Crippen LogP contribution >= 0.6 is 34.7 Å². The topological polar surface area (TPSA) is 115 Å². The first-order chi connectivity index (χ1) is 18.0. The Kier molecular flexibility index (Phi) is 11.3. The van der Waals surface area contributed by atoms with E-state index in [9.17, 15) is 19.8 Å². The van der Waals surface area contributed by atoms with Crippen LogP contribution in [0, 0.1) is 0 Å². The smallest absolute Gasteiger partial charge is 0.410 e. The van der Waals surface area contributed by atoms with Gasteiger partial charge in [0.25, 0.3) is 0 Å². The van der Waals surface area contributed by atoms with E-state index in [4.69, 9.17) is 16.3 Å². The second-order valence-electron chi connectivity index (χ2n) is 9.89. The van der Waals surface area contributed by atoms with Crippen molar-refractivity contribution in [2.24, 2.45) is 0 Å². The van der Waals surface area contributed by atoms with Crippen LogP contribution in [0.15, 0.2) is 41.2 Å². The van der Waals surface area contributed by atoms with Gasteiger partial charge in [-0.25, -0.2) is 4.79 Å². The molecule has 0 spiro atoms. The molecule has 208 valence electrons. The monoisotopic (exact) mass is 581 g/mol. The van der Waals surface area contributed by atoms with E-state index in [2.05, 4.69) is 10.3 Å². The van der Waals surface area contributed by atoms with Crippen molar-refractivity contribution in [3.05, 3.63) is 62.2 Å². The maximum Gasteiger partial charge on any atom is 0.410 e. The summed E-state index contributed by atoms with van der Waals surface area (Å²) in [4.78, 5) is 28.5. The van der Waals surface area contributed by atoms with Gasteiger partial charge in [-0.15, -0.1) is 0 Å². The zero-order valence-electron chi connectivity index (χ0n) is 22.0. The van der Waals surface area contributed by atoms with Crippen molar-refractivity contribution in [3.8, 4) is 5.75 Å². The van der Waals surface area contributed by atoms with E-state index in [1.54, 1.807) is 22.7 Å². The number of thiazole rings is 1. The SMILES string of the molecule is CC(C)(C)OC(=O)N(CCCSCCNCC(O)c1ccc(O)c2[nH]c(=O)sc12)CCc1ccccc1Cl. The number of rotatable bonds is 13. The molecule has 4 N–H and O–H groups in total. The van der Waals surface area contributed by atoms with Crippen molar-refractivity contribution >= 4 is 51.0 Å². The summed E-state index contributed by atoms with van der Waals surface area (Å²) in [5, 5.41) is 24.4. The summed E-state index contributed by atoms with van der Waals surface area (Å²) in [6.07, 6.45) is 0.370. The van der Waals surface area contributed by atoms with Crippen LogP contribution in [0.2, 0.25) is 5.02 Å². The normalized spacial score (nSPS) is 12.6. The van der Waals surface area contributed by atoms with Crippen molar-refractivity contribution in [3.63, 3.8) is 0 Å². The third-order valence-corrected chi connectivity index (χ3v) is 8.06. The maximum atomic E-state index is 12.8. The first-order valence-corrected chi connectivity index (χ1v) is 14.9. The number of thioether (sulfide) groups is 1. The minimum atomic E-state index is -0.796. The molecule has 1 unspecified atom stereocenters. The number of aromatic hydroxyl groups is 1. The van der Waals surface area contributed by atoms with Crippen molar-refractivity contribution in [1.29, 1.82) is 0 Å². The van der Waals surface area contributed by atoms with E-state index in [0.717, 1.165) is 34.8 Å². The Hall–Kier alpha value is -2.24. The van der Waals surface area contributed by atoms with E-state index >= 15 is 0 Å². The molecule has 38 heavy (non-hydrogen) atoms. The lowest BCUT2D eigenvalue weighted by Gasteiger charge is -2.27. The van der Waals surface area contributed by atoms with Gasteiger partial charge in [0.15, 0.2) is 0 Å². The van der Waals surface area contributed by atoms with Gasteiger partial charge in [-0.2, -0.15) is 11.8 Å². The number of hydrogen-bond acceptors (Lipinski definition) is 8. The lowest BCUT2D eigenvalue weighted by Crippen LogP contribution is -2.38. The van der Waals surface area contributed by atoms with Gasteiger partial charge >= 0.3 is 11.0 Å². The van der Waals surface area contributed by atoms with Gasteiger partial charge in [-0.3, -0.25) is 4.79 Å². The highest BCUT2D eigenvalue weighted by atomic mass is 35.5. The fourth-order valence-electron chi connectivity index (χ4n) is 3.83. The molecule has 1 atom stereocenters. The average Bonchev–Trinajstić information content (AvgIpc) is 3.24. The van der Waals surface area contributed by atoms with Crippen molar-refractivity contribution in [1.82, 2.24) is 15.2 Å². The molecule has 0 aliphatic heterocycles. The summed E-state index contributed by atoms with van der Waals surface area (Å²) in [5.74, 6) is 1.72. The van der Waals surface area contributed by atoms with Crippen LogP contribution in [0.25, 0.3) is 10.2 Å². The summed E-state index contributed by atoms with van der Waals surface area (Å²) in [6.45, 7) is 7.75. The molecule has 1 aromatic heterocycles. The second-order valence-corrected chi connectivity index (χ2v) is 12.5. The number of nitrogens with one attached hydrogen (secondary N) is 2. The van der Waals surface area contributed by atoms with Gasteiger partial charge in [0.2, 0.25) is 0 Å². The lowest BCUT2D eigenvalue weighted by molar-refractivity contribution is 0.0252. The van der Waals surface area contributed by atoms with Gasteiger partial charge in [0.1, 0.15) is 16.9 Å². The molecule has 3 aromatic rings. The summed E-state index contributed by atoms with van der Waals surface area (Å²) in [6, 6.07) is 10.8. The molecule has 2 aromatic carbocycles. The first kappa shape index (κ1) is 30.3. The number of phenols is 1. The number of nitrogens with zero attached hydrogens (tertiary/aromatic N) is 1. The number of aromatic nitrogens is 1. The number of aliphatic hydroxyl groups is 1. The molecule has 8 nitrogen and oxygen atoms in total. The standard InChI is InChI=1S/C27H36ClN3O5S2/c1-27(2,3)36-26(35)31(14-11-18-7-4-5-8-20(18)28)13-6-15-37-16-12-29-17-22(33)19-9-10-21(32)23-24(19)38-25(34)30-23/h4-5,7-10,22,29,32-33H,6,11-17H2,1-3H3,(H,30,34). The van der Waals surface area contributed by atoms with E-state index in [-0.39, 0.29) is 16.7 Å². The second kappa shape index (κ2) is 14.2. The molecule has 0 saturated carbocycles. The van der Waals surface area contributed by atoms with Crippen molar-refractivity contribution < 1.29 is 19.7 Å². The lowest BCUT2D eigenvalue weighted by atomic mass is 10.1. The van der Waals surface area contributed by atoms with Gasteiger partial charge in [-0.05, 0) is 57.1 Å². The largest absolute Gasteiger partial charge is 0.506 e. The number of hydrogen-bond donors (Lipinski definition) is 4. The Bertz CT molecular complexity index is 1260. The fraction of sp³-hybridized carbons (Fsp3) is 0.481. The van der Waals surface area contributed by atoms with Crippen LogP contribution in [-0.2, 0) is 11.2 Å². The summed E-state index contributed by atoms with van der Waals surface area (Å²) in [5.41, 5.74) is 1.42. The predicted molar refractivity (Wildman–Crippen MR) is 157 cm³/mol. The van der Waals surface area contributed by atoms with Gasteiger partial charge in [0.05, 0.1) is 10.8 Å². The first-order valence-electron chi connectivity index (χ1n) is 12.6. The third-order valence-electron chi connectivity index (χ3n) is 5.69. The summed E-state index contributed by atoms with van der Waals surface area (Å²) >= 11 is 9.03. The number of phenolic OH excluding ortho intramolecular Hbond substituents is 1. The highest BCUT2D eigenvalue weighted by Crippen LogP contribution is 2.31. The highest BCUT2D eigenvalue weighted by molar-refractivity contribution is 7.99. The molecule has 0 aliphatic rings. The number of halogens is 1. The predicted octanol–water partition coefficient (Wildman–Crippen LogP) is 5.17. The number of aromatic amines is 1. The molecular formula is C27H36ClN3O5S2. The van der Waals surface area contributed by atoms with Crippen molar-refractivity contribution in [2.75, 3.05) is 37.7 Å². The zero-order chi connectivity index (χ0) is 27.7. The Morgan fingerprint density at radius 2 is 1.97 bits per heavy atom. The molecule has 0 saturated heterocycles. The van der Waals surface area contributed by atoms with E-state index in [0.29, 0.717) is 53.4 Å². The number of ether oxygens (including phenoxy) is 1. The number of fused-ring (bicyclic) bond motifs is 1. The number of H-pyrrole nitrogens is 1. The zero-order valence-corrected chi connectivity index (χ0v) is 24.3. The molecular weight excluding hydrogens is 546 g/mol. The molecule has 0 fully saturated rings. The number of carbonyl (C=O) groups is 1. The fourth-order valence-corrected chi connectivity index (χ4v) is 5.81. The average molecular weight is 582 g/mol. The van der Waals surface area contributed by atoms with Crippen LogP contribution in [0.1, 0.15) is 44.4 Å². The molecule has 3 rings (SSSR count).